The maximum absolute atomic E-state index is 13.5. The van der Waals surface area contributed by atoms with E-state index in [9.17, 15) is 4.39 Å². The minimum absolute atomic E-state index is 0.239. The summed E-state index contributed by atoms with van der Waals surface area (Å²) in [6, 6.07) is 15.0. The second kappa shape index (κ2) is 9.85. The zero-order chi connectivity index (χ0) is 26.2. The van der Waals surface area contributed by atoms with Crippen molar-refractivity contribution in [3.05, 3.63) is 94.6 Å². The molecule has 6 rings (SSSR count). The van der Waals surface area contributed by atoms with Gasteiger partial charge in [-0.05, 0) is 55.3 Å². The molecule has 1 N–H and O–H groups in total. The average Bonchev–Trinajstić information content (AvgIpc) is 3.16. The first kappa shape index (κ1) is 24.0. The minimum atomic E-state index is -0.239. The van der Waals surface area contributed by atoms with Gasteiger partial charge in [-0.1, -0.05) is 25.1 Å². The molecule has 0 bridgehead atoms. The van der Waals surface area contributed by atoms with Crippen molar-refractivity contribution in [3.63, 3.8) is 0 Å². The van der Waals surface area contributed by atoms with Crippen LogP contribution in [0.5, 0.6) is 5.75 Å². The van der Waals surface area contributed by atoms with Crippen LogP contribution in [0, 0.1) is 19.7 Å². The fraction of sp³-hybridized carbons (Fsp3) is 0.267. The van der Waals surface area contributed by atoms with Gasteiger partial charge in [-0.25, -0.2) is 24.3 Å². The Hall–Kier alpha value is -4.33. The minimum Gasteiger partial charge on any atom is -0.491 e. The predicted octanol–water partition coefficient (Wildman–Crippen LogP) is 5.72. The maximum atomic E-state index is 13.5. The summed E-state index contributed by atoms with van der Waals surface area (Å²) in [6.45, 7) is 7.92. The lowest BCUT2D eigenvalue weighted by atomic mass is 10.0. The van der Waals surface area contributed by atoms with E-state index >= 15 is 0 Å². The summed E-state index contributed by atoms with van der Waals surface area (Å²) in [5, 5.41) is 0. The van der Waals surface area contributed by atoms with Crippen LogP contribution in [0.15, 0.2) is 54.7 Å². The molecule has 0 fully saturated rings. The van der Waals surface area contributed by atoms with Crippen LogP contribution in [-0.2, 0) is 19.4 Å². The summed E-state index contributed by atoms with van der Waals surface area (Å²) in [5.41, 5.74) is 7.83. The van der Waals surface area contributed by atoms with Crippen LogP contribution in [0.1, 0.15) is 41.0 Å². The van der Waals surface area contributed by atoms with Gasteiger partial charge in [0.2, 0.25) is 0 Å². The molecule has 0 aliphatic carbocycles. The Kier molecular flexibility index (Phi) is 6.23. The van der Waals surface area contributed by atoms with Crippen molar-refractivity contribution in [1.82, 2.24) is 24.9 Å². The third kappa shape index (κ3) is 4.69. The number of imidazole rings is 1. The Bertz CT molecular complexity index is 1630. The number of nitrogens with one attached hydrogen (secondary N) is 1. The number of benzene rings is 2. The van der Waals surface area contributed by atoms with Crippen LogP contribution in [0.2, 0.25) is 0 Å². The van der Waals surface area contributed by atoms with Gasteiger partial charge in [0, 0.05) is 48.0 Å². The molecule has 0 amide bonds. The lowest BCUT2D eigenvalue weighted by Gasteiger charge is -2.25. The lowest BCUT2D eigenvalue weighted by molar-refractivity contribution is 0.331. The SMILES string of the molecule is CCc1nc(C)c(Cc2ccc(F)cc2)c(N2CCOc3ccc(-c4cnc5nc(C)[nH]c5c4)cc3C2)n1. The van der Waals surface area contributed by atoms with Gasteiger partial charge in [-0.15, -0.1) is 0 Å². The first-order valence-corrected chi connectivity index (χ1v) is 12.9. The van der Waals surface area contributed by atoms with Crippen LogP contribution in [0.4, 0.5) is 10.2 Å². The van der Waals surface area contributed by atoms with Crippen molar-refractivity contribution < 1.29 is 9.13 Å². The van der Waals surface area contributed by atoms with E-state index in [4.69, 9.17) is 14.7 Å². The van der Waals surface area contributed by atoms with E-state index in [0.29, 0.717) is 26.1 Å². The van der Waals surface area contributed by atoms with Gasteiger partial charge in [0.1, 0.15) is 35.6 Å². The molecule has 2 aromatic carbocycles. The Labute approximate surface area is 220 Å². The third-order valence-corrected chi connectivity index (χ3v) is 6.98. The highest BCUT2D eigenvalue weighted by atomic mass is 19.1. The van der Waals surface area contributed by atoms with E-state index < -0.39 is 0 Å². The molecular formula is C30H29FN6O. The van der Waals surface area contributed by atoms with Crippen LogP contribution in [0.25, 0.3) is 22.3 Å². The highest BCUT2D eigenvalue weighted by Gasteiger charge is 2.22. The molecule has 0 radical (unpaired) electrons. The number of hydrogen-bond acceptors (Lipinski definition) is 6. The molecule has 1 aliphatic heterocycles. The van der Waals surface area contributed by atoms with Crippen molar-refractivity contribution in [1.29, 1.82) is 0 Å². The van der Waals surface area contributed by atoms with Gasteiger partial charge in [-0.3, -0.25) is 0 Å². The number of halogens is 1. The van der Waals surface area contributed by atoms with Crippen LogP contribution < -0.4 is 9.64 Å². The Morgan fingerprint density at radius 2 is 1.84 bits per heavy atom. The maximum Gasteiger partial charge on any atom is 0.177 e. The number of rotatable bonds is 5. The molecule has 192 valence electrons. The molecule has 5 aromatic rings. The molecule has 0 atom stereocenters. The number of hydrogen-bond donors (Lipinski definition) is 1. The van der Waals surface area contributed by atoms with E-state index in [-0.39, 0.29) is 5.82 Å². The molecule has 0 saturated carbocycles. The fourth-order valence-corrected chi connectivity index (χ4v) is 5.00. The summed E-state index contributed by atoms with van der Waals surface area (Å²) in [7, 11) is 0. The number of H-pyrrole nitrogens is 1. The van der Waals surface area contributed by atoms with Crippen molar-refractivity contribution in [2.24, 2.45) is 0 Å². The number of anilines is 1. The number of fused-ring (bicyclic) bond motifs is 2. The first-order chi connectivity index (χ1) is 18.5. The quantitative estimate of drug-likeness (QED) is 0.327. The second-order valence-electron chi connectivity index (χ2n) is 9.69. The summed E-state index contributed by atoms with van der Waals surface area (Å²) in [5.74, 6) is 3.21. The van der Waals surface area contributed by atoms with Crippen LogP contribution in [-0.4, -0.2) is 38.1 Å². The van der Waals surface area contributed by atoms with E-state index in [1.807, 2.05) is 38.2 Å². The fourth-order valence-electron chi connectivity index (χ4n) is 5.00. The molecule has 0 unspecified atom stereocenters. The average molecular weight is 509 g/mol. The van der Waals surface area contributed by atoms with Gasteiger partial charge in [0.15, 0.2) is 5.65 Å². The number of nitrogens with zero attached hydrogens (tertiary/aromatic N) is 5. The van der Waals surface area contributed by atoms with Gasteiger partial charge < -0.3 is 14.6 Å². The molecule has 8 heteroatoms. The number of aryl methyl sites for hydroxylation is 3. The molecule has 38 heavy (non-hydrogen) atoms. The van der Waals surface area contributed by atoms with Gasteiger partial charge in [0.05, 0.1) is 12.1 Å². The van der Waals surface area contributed by atoms with Crippen molar-refractivity contribution in [2.75, 3.05) is 18.1 Å². The topological polar surface area (TPSA) is 79.8 Å². The van der Waals surface area contributed by atoms with Gasteiger partial charge in [0.25, 0.3) is 0 Å². The Morgan fingerprint density at radius 1 is 1.00 bits per heavy atom. The zero-order valence-corrected chi connectivity index (χ0v) is 21.8. The molecule has 0 spiro atoms. The first-order valence-electron chi connectivity index (χ1n) is 12.9. The highest BCUT2D eigenvalue weighted by Crippen LogP contribution is 2.33. The third-order valence-electron chi connectivity index (χ3n) is 6.98. The van der Waals surface area contributed by atoms with Crippen molar-refractivity contribution in [2.45, 2.75) is 40.2 Å². The van der Waals surface area contributed by atoms with Gasteiger partial charge >= 0.3 is 0 Å². The molecule has 4 heterocycles. The van der Waals surface area contributed by atoms with Crippen molar-refractivity contribution >= 4 is 17.0 Å². The van der Waals surface area contributed by atoms with Crippen LogP contribution in [0.3, 0.4) is 0 Å². The van der Waals surface area contributed by atoms with E-state index in [1.54, 1.807) is 0 Å². The lowest BCUT2D eigenvalue weighted by Crippen LogP contribution is -2.28. The summed E-state index contributed by atoms with van der Waals surface area (Å²) >= 11 is 0. The molecule has 0 saturated heterocycles. The zero-order valence-electron chi connectivity index (χ0n) is 21.8. The van der Waals surface area contributed by atoms with Crippen LogP contribution >= 0.6 is 0 Å². The van der Waals surface area contributed by atoms with Gasteiger partial charge in [-0.2, -0.15) is 0 Å². The predicted molar refractivity (Wildman–Crippen MR) is 146 cm³/mol. The normalized spacial score (nSPS) is 13.3. The summed E-state index contributed by atoms with van der Waals surface area (Å²) in [6.07, 6.45) is 3.24. The standard InChI is InChI=1S/C30H29FN6O/c1-4-28-33-18(2)25(13-20-5-8-24(31)9-6-20)30(36-28)37-11-12-38-27-10-7-21(14-23(27)17-37)22-15-26-29(32-16-22)35-19(3)34-26/h5-10,14-16H,4,11-13,17H2,1-3H3,(H,32,34,35). The molecule has 7 nitrogen and oxygen atoms in total. The number of pyridine rings is 1. The number of aromatic nitrogens is 5. The molecule has 1 aliphatic rings. The van der Waals surface area contributed by atoms with Crippen molar-refractivity contribution in [3.8, 4) is 16.9 Å². The van der Waals surface area contributed by atoms with E-state index in [2.05, 4.69) is 45.0 Å². The second-order valence-corrected chi connectivity index (χ2v) is 9.69. The number of ether oxygens (including phenoxy) is 1. The summed E-state index contributed by atoms with van der Waals surface area (Å²) in [4.78, 5) is 24.2. The Morgan fingerprint density at radius 3 is 2.66 bits per heavy atom. The largest absolute Gasteiger partial charge is 0.491 e. The summed E-state index contributed by atoms with van der Waals surface area (Å²) < 4.78 is 19.7. The molecule has 3 aromatic heterocycles. The molecular weight excluding hydrogens is 479 g/mol. The van der Waals surface area contributed by atoms with E-state index in [1.165, 1.54) is 12.1 Å². The highest BCUT2D eigenvalue weighted by molar-refractivity contribution is 5.78. The van der Waals surface area contributed by atoms with E-state index in [0.717, 1.165) is 74.3 Å². The smallest absolute Gasteiger partial charge is 0.177 e. The number of aromatic amines is 1. The monoisotopic (exact) mass is 508 g/mol. The Balaban J connectivity index is 1.37.